The fourth-order valence-electron chi connectivity index (χ4n) is 3.71. The van der Waals surface area contributed by atoms with E-state index in [4.69, 9.17) is 0 Å². The van der Waals surface area contributed by atoms with E-state index in [-0.39, 0.29) is 0 Å². The Balaban J connectivity index is 2.10. The Hall–Kier alpha value is -1.34. The molecule has 0 heterocycles. The molecule has 1 aliphatic rings. The Kier molecular flexibility index (Phi) is 3.56. The van der Waals surface area contributed by atoms with Crippen LogP contribution in [0.25, 0.3) is 0 Å². The zero-order chi connectivity index (χ0) is 13.1. The van der Waals surface area contributed by atoms with Crippen molar-refractivity contribution in [3.63, 3.8) is 0 Å². The molecule has 19 heavy (non-hydrogen) atoms. The van der Waals surface area contributed by atoms with Gasteiger partial charge < -0.3 is 0 Å². The molecule has 0 aromatic heterocycles. The second kappa shape index (κ2) is 5.34. The predicted octanol–water partition coefficient (Wildman–Crippen LogP) is 3.82. The summed E-state index contributed by atoms with van der Waals surface area (Å²) in [7, 11) is -1.57. The molecule has 1 fully saturated rings. The second-order valence-corrected chi connectivity index (χ2v) is 10.3. The molecule has 0 aliphatic heterocycles. The van der Waals surface area contributed by atoms with Crippen LogP contribution in [0.3, 0.4) is 0 Å². The summed E-state index contributed by atoms with van der Waals surface area (Å²) >= 11 is 0. The molecule has 0 atom stereocenters. The van der Waals surface area contributed by atoms with E-state index < -0.39 is 8.07 Å². The highest BCUT2D eigenvalue weighted by atomic mass is 28.3. The Morgan fingerprint density at radius 3 is 1.58 bits per heavy atom. The lowest BCUT2D eigenvalue weighted by Gasteiger charge is -2.35. The fourth-order valence-corrected chi connectivity index (χ4v) is 8.32. The maximum atomic E-state index is 2.58. The Labute approximate surface area is 117 Å². The fraction of sp³-hybridized carbons (Fsp3) is 0.333. The molecule has 1 saturated carbocycles. The predicted molar refractivity (Wildman–Crippen MR) is 86.0 cm³/mol. The molecule has 98 valence electrons. The van der Waals surface area contributed by atoms with Gasteiger partial charge in [0.05, 0.1) is 0 Å². The average Bonchev–Trinajstić information content (AvgIpc) is 3.03. The highest BCUT2D eigenvalue weighted by molar-refractivity contribution is 7.02. The van der Waals surface area contributed by atoms with E-state index in [0.29, 0.717) is 0 Å². The molecule has 2 aromatic carbocycles. The molecule has 0 N–H and O–H groups in total. The summed E-state index contributed by atoms with van der Waals surface area (Å²) in [5, 5.41) is 3.21. The summed E-state index contributed by atoms with van der Waals surface area (Å²) in [6.07, 6.45) is 5.69. The molecule has 1 aliphatic carbocycles. The van der Waals surface area contributed by atoms with Crippen LogP contribution < -0.4 is 10.4 Å². The third-order valence-corrected chi connectivity index (χ3v) is 10.2. The molecule has 1 heteroatoms. The first-order valence-corrected chi connectivity index (χ1v) is 10.0. The summed E-state index contributed by atoms with van der Waals surface area (Å²) < 4.78 is 0. The van der Waals surface area contributed by atoms with Crippen LogP contribution in [0.1, 0.15) is 25.7 Å². The lowest BCUT2D eigenvalue weighted by Crippen LogP contribution is -2.58. The van der Waals surface area contributed by atoms with Crippen LogP contribution in [0.5, 0.6) is 0 Å². The molecule has 0 radical (unpaired) electrons. The first kappa shape index (κ1) is 12.7. The summed E-state index contributed by atoms with van der Waals surface area (Å²) in [6, 6.07) is 22.5. The van der Waals surface area contributed by atoms with E-state index in [0.717, 1.165) is 5.54 Å². The van der Waals surface area contributed by atoms with Gasteiger partial charge in [0.25, 0.3) is 0 Å². The normalized spacial score (nSPS) is 16.7. The lowest BCUT2D eigenvalue weighted by molar-refractivity contribution is 0.850. The standard InChI is InChI=1S/C18H22Si/c1-19(18-14-8-9-15-18,16-10-4-2-5-11-16)17-12-6-3-7-13-17/h2-7,10-13,18H,8-9,14-15H2,1H3. The van der Waals surface area contributed by atoms with Crippen molar-refractivity contribution < 1.29 is 0 Å². The van der Waals surface area contributed by atoms with E-state index in [1.165, 1.54) is 25.7 Å². The third-order valence-electron chi connectivity index (χ3n) is 4.92. The summed E-state index contributed by atoms with van der Waals surface area (Å²) in [5.41, 5.74) is 0.914. The van der Waals surface area contributed by atoms with Crippen LogP contribution in [-0.4, -0.2) is 8.07 Å². The molecule has 0 spiro atoms. The van der Waals surface area contributed by atoms with Gasteiger partial charge in [-0.15, -0.1) is 0 Å². The SMILES string of the molecule is C[Si](c1ccccc1)(c1ccccc1)C1CCCC1. The lowest BCUT2D eigenvalue weighted by atomic mass is 10.3. The Morgan fingerprint density at radius 2 is 1.16 bits per heavy atom. The first-order chi connectivity index (χ1) is 9.32. The largest absolute Gasteiger partial charge is 0.118 e. The van der Waals surface area contributed by atoms with Crippen molar-refractivity contribution in [3.05, 3.63) is 60.7 Å². The smallest absolute Gasteiger partial charge is 0.0626 e. The van der Waals surface area contributed by atoms with Crippen molar-refractivity contribution in [2.45, 2.75) is 37.8 Å². The molecular weight excluding hydrogens is 244 g/mol. The van der Waals surface area contributed by atoms with E-state index in [1.54, 1.807) is 10.4 Å². The number of hydrogen-bond acceptors (Lipinski definition) is 0. The molecule has 0 amide bonds. The van der Waals surface area contributed by atoms with Crippen LogP contribution in [0.2, 0.25) is 12.1 Å². The monoisotopic (exact) mass is 266 g/mol. The van der Waals surface area contributed by atoms with Crippen LogP contribution >= 0.6 is 0 Å². The minimum absolute atomic E-state index is 0.914. The number of benzene rings is 2. The maximum absolute atomic E-state index is 2.58. The summed E-state index contributed by atoms with van der Waals surface area (Å²) in [6.45, 7) is 2.58. The van der Waals surface area contributed by atoms with Crippen molar-refractivity contribution in [3.8, 4) is 0 Å². The van der Waals surface area contributed by atoms with E-state index in [1.807, 2.05) is 0 Å². The van der Waals surface area contributed by atoms with Gasteiger partial charge in [0.1, 0.15) is 8.07 Å². The van der Waals surface area contributed by atoms with Crippen molar-refractivity contribution >= 4 is 18.4 Å². The highest BCUT2D eigenvalue weighted by Crippen LogP contribution is 2.38. The molecule has 0 bridgehead atoms. The molecule has 2 aromatic rings. The molecule has 0 nitrogen and oxygen atoms in total. The number of hydrogen-bond donors (Lipinski definition) is 0. The summed E-state index contributed by atoms with van der Waals surface area (Å²) in [4.78, 5) is 0. The molecular formula is C18H22Si. The minimum atomic E-state index is -1.57. The van der Waals surface area contributed by atoms with Crippen LogP contribution in [-0.2, 0) is 0 Å². The Morgan fingerprint density at radius 1 is 0.737 bits per heavy atom. The van der Waals surface area contributed by atoms with Gasteiger partial charge in [0, 0.05) is 0 Å². The maximum Gasteiger partial charge on any atom is 0.118 e. The van der Waals surface area contributed by atoms with Gasteiger partial charge in [-0.2, -0.15) is 0 Å². The molecule has 3 rings (SSSR count). The van der Waals surface area contributed by atoms with Crippen LogP contribution in [0, 0.1) is 0 Å². The summed E-state index contributed by atoms with van der Waals surface area (Å²) in [5.74, 6) is 0. The second-order valence-electron chi connectivity index (χ2n) is 5.92. The molecule has 0 unspecified atom stereocenters. The van der Waals surface area contributed by atoms with Crippen molar-refractivity contribution in [1.82, 2.24) is 0 Å². The Bertz CT molecular complexity index is 472. The first-order valence-electron chi connectivity index (χ1n) is 7.43. The van der Waals surface area contributed by atoms with Crippen molar-refractivity contribution in [1.29, 1.82) is 0 Å². The highest BCUT2D eigenvalue weighted by Gasteiger charge is 2.40. The quantitative estimate of drug-likeness (QED) is 0.741. The third kappa shape index (κ3) is 2.28. The van der Waals surface area contributed by atoms with Gasteiger partial charge in [-0.25, -0.2) is 0 Å². The van der Waals surface area contributed by atoms with E-state index in [9.17, 15) is 0 Å². The van der Waals surface area contributed by atoms with Gasteiger partial charge in [-0.3, -0.25) is 0 Å². The van der Waals surface area contributed by atoms with Gasteiger partial charge in [0.2, 0.25) is 0 Å². The van der Waals surface area contributed by atoms with Gasteiger partial charge in [-0.05, 0) is 5.54 Å². The van der Waals surface area contributed by atoms with Crippen LogP contribution in [0.15, 0.2) is 60.7 Å². The van der Waals surface area contributed by atoms with Gasteiger partial charge >= 0.3 is 0 Å². The van der Waals surface area contributed by atoms with Crippen molar-refractivity contribution in [2.75, 3.05) is 0 Å². The average molecular weight is 266 g/mol. The van der Waals surface area contributed by atoms with Gasteiger partial charge in [0.15, 0.2) is 0 Å². The van der Waals surface area contributed by atoms with E-state index >= 15 is 0 Å². The van der Waals surface area contributed by atoms with E-state index in [2.05, 4.69) is 67.2 Å². The molecule has 0 saturated heterocycles. The number of rotatable bonds is 3. The van der Waals surface area contributed by atoms with Crippen molar-refractivity contribution in [2.24, 2.45) is 0 Å². The van der Waals surface area contributed by atoms with Crippen LogP contribution in [0.4, 0.5) is 0 Å². The minimum Gasteiger partial charge on any atom is -0.0626 e. The zero-order valence-electron chi connectivity index (χ0n) is 11.7. The topological polar surface area (TPSA) is 0 Å². The van der Waals surface area contributed by atoms with Gasteiger partial charge in [-0.1, -0.05) is 103 Å². The zero-order valence-corrected chi connectivity index (χ0v) is 12.7.